The lowest BCUT2D eigenvalue weighted by Crippen LogP contribution is -2.14. The van der Waals surface area contributed by atoms with E-state index < -0.39 is 0 Å². The van der Waals surface area contributed by atoms with Crippen LogP contribution in [0.15, 0.2) is 59.4 Å². The van der Waals surface area contributed by atoms with Gasteiger partial charge in [-0.25, -0.2) is 4.98 Å². The van der Waals surface area contributed by atoms with Crippen molar-refractivity contribution in [3.05, 3.63) is 66.3 Å². The van der Waals surface area contributed by atoms with Gasteiger partial charge < -0.3 is 9.73 Å². The Bertz CT molecular complexity index is 808. The van der Waals surface area contributed by atoms with E-state index in [1.54, 1.807) is 18.6 Å². The fraction of sp³-hybridized carbons (Fsp3) is 0.211. The Morgan fingerprint density at radius 1 is 1.17 bits per heavy atom. The van der Waals surface area contributed by atoms with Gasteiger partial charge >= 0.3 is 0 Å². The zero-order valence-corrected chi connectivity index (χ0v) is 13.7. The van der Waals surface area contributed by atoms with Crippen molar-refractivity contribution in [3.63, 3.8) is 0 Å². The van der Waals surface area contributed by atoms with Crippen LogP contribution in [0.3, 0.4) is 0 Å². The van der Waals surface area contributed by atoms with Crippen LogP contribution in [-0.4, -0.2) is 15.9 Å². The normalized spacial score (nSPS) is 10.8. The molecule has 0 aliphatic heterocycles. The number of rotatable bonds is 5. The van der Waals surface area contributed by atoms with E-state index in [2.05, 4.69) is 29.1 Å². The number of hydrogen-bond donors (Lipinski definition) is 1. The highest BCUT2D eigenvalue weighted by Gasteiger charge is 2.10. The Morgan fingerprint density at radius 2 is 1.96 bits per heavy atom. The topological polar surface area (TPSA) is 68.0 Å². The summed E-state index contributed by atoms with van der Waals surface area (Å²) in [5, 5.41) is 2.87. The summed E-state index contributed by atoms with van der Waals surface area (Å²) in [6.45, 7) is 4.12. The maximum absolute atomic E-state index is 12.0. The van der Waals surface area contributed by atoms with Crippen LogP contribution in [0.25, 0.3) is 11.5 Å². The summed E-state index contributed by atoms with van der Waals surface area (Å²) < 4.78 is 5.73. The first-order chi connectivity index (χ1) is 11.6. The molecule has 5 nitrogen and oxygen atoms in total. The summed E-state index contributed by atoms with van der Waals surface area (Å²) in [6.07, 6.45) is 5.43. The van der Waals surface area contributed by atoms with Gasteiger partial charge in [0.1, 0.15) is 5.76 Å². The number of carbonyl (C=O) groups is 1. The second-order valence-corrected chi connectivity index (χ2v) is 5.89. The predicted octanol–water partition coefficient (Wildman–Crippen LogP) is 4.04. The summed E-state index contributed by atoms with van der Waals surface area (Å²) in [6, 6.07) is 11.2. The summed E-state index contributed by atoms with van der Waals surface area (Å²) in [7, 11) is 0. The Morgan fingerprint density at radius 3 is 2.58 bits per heavy atom. The van der Waals surface area contributed by atoms with Crippen LogP contribution in [0.5, 0.6) is 0 Å². The number of carbonyl (C=O) groups excluding carboxylic acids is 1. The van der Waals surface area contributed by atoms with Crippen molar-refractivity contribution in [1.82, 2.24) is 9.97 Å². The molecule has 1 N–H and O–H groups in total. The molecule has 0 bridgehead atoms. The molecule has 0 fully saturated rings. The van der Waals surface area contributed by atoms with Crippen molar-refractivity contribution in [3.8, 4) is 11.5 Å². The smallest absolute Gasteiger partial charge is 0.228 e. The SMILES string of the molecule is CC(C)c1cnc(-c2ccc(NC(=O)Cc3cccnc3)cc2)o1. The Labute approximate surface area is 140 Å². The van der Waals surface area contributed by atoms with Gasteiger partial charge in [-0.05, 0) is 35.9 Å². The number of oxazole rings is 1. The molecule has 0 aliphatic carbocycles. The number of pyridine rings is 1. The molecule has 2 heterocycles. The molecule has 0 aliphatic rings. The molecule has 1 amide bonds. The number of nitrogens with one attached hydrogen (secondary N) is 1. The van der Waals surface area contributed by atoms with E-state index in [0.717, 1.165) is 22.6 Å². The number of benzene rings is 1. The molecule has 3 rings (SSSR count). The maximum Gasteiger partial charge on any atom is 0.228 e. The maximum atomic E-state index is 12.0. The molecule has 24 heavy (non-hydrogen) atoms. The van der Waals surface area contributed by atoms with Gasteiger partial charge in [0.2, 0.25) is 11.8 Å². The van der Waals surface area contributed by atoms with Gasteiger partial charge in [-0.15, -0.1) is 0 Å². The Balaban J connectivity index is 1.64. The minimum absolute atomic E-state index is 0.0750. The van der Waals surface area contributed by atoms with Crippen molar-refractivity contribution in [2.45, 2.75) is 26.2 Å². The van der Waals surface area contributed by atoms with Crippen molar-refractivity contribution in [1.29, 1.82) is 0 Å². The molecule has 122 valence electrons. The Hall–Kier alpha value is -2.95. The molecule has 0 spiro atoms. The number of aromatic nitrogens is 2. The van der Waals surface area contributed by atoms with Crippen molar-refractivity contribution < 1.29 is 9.21 Å². The third-order valence-electron chi connectivity index (χ3n) is 3.60. The van der Waals surface area contributed by atoms with Gasteiger partial charge in [0, 0.05) is 29.6 Å². The van der Waals surface area contributed by atoms with Gasteiger partial charge in [-0.2, -0.15) is 0 Å². The average molecular weight is 321 g/mol. The molecule has 0 saturated heterocycles. The number of anilines is 1. The van der Waals surface area contributed by atoms with Gasteiger partial charge in [-0.3, -0.25) is 9.78 Å². The van der Waals surface area contributed by atoms with Gasteiger partial charge in [0.15, 0.2) is 0 Å². The molecule has 0 radical (unpaired) electrons. The fourth-order valence-electron chi connectivity index (χ4n) is 2.28. The quantitative estimate of drug-likeness (QED) is 0.770. The third-order valence-corrected chi connectivity index (χ3v) is 3.60. The highest BCUT2D eigenvalue weighted by molar-refractivity contribution is 5.92. The zero-order valence-electron chi connectivity index (χ0n) is 13.7. The van der Waals surface area contributed by atoms with Gasteiger partial charge in [0.05, 0.1) is 12.6 Å². The lowest BCUT2D eigenvalue weighted by atomic mass is 10.2. The van der Waals surface area contributed by atoms with Crippen LogP contribution >= 0.6 is 0 Å². The summed E-state index contributed by atoms with van der Waals surface area (Å²) >= 11 is 0. The molecular weight excluding hydrogens is 302 g/mol. The number of amides is 1. The lowest BCUT2D eigenvalue weighted by Gasteiger charge is -2.06. The number of nitrogens with zero attached hydrogens (tertiary/aromatic N) is 2. The highest BCUT2D eigenvalue weighted by atomic mass is 16.4. The molecule has 0 saturated carbocycles. The van der Waals surface area contributed by atoms with Crippen molar-refractivity contribution >= 4 is 11.6 Å². The van der Waals surface area contributed by atoms with Crippen molar-refractivity contribution in [2.75, 3.05) is 5.32 Å². The minimum atomic E-state index is -0.0750. The average Bonchev–Trinajstić information content (AvgIpc) is 3.07. The lowest BCUT2D eigenvalue weighted by molar-refractivity contribution is -0.115. The molecule has 2 aromatic heterocycles. The first-order valence-corrected chi connectivity index (χ1v) is 7.87. The summed E-state index contributed by atoms with van der Waals surface area (Å²) in [5.41, 5.74) is 2.50. The van der Waals surface area contributed by atoms with Crippen LogP contribution in [-0.2, 0) is 11.2 Å². The largest absolute Gasteiger partial charge is 0.441 e. The molecule has 0 atom stereocenters. The van der Waals surface area contributed by atoms with E-state index in [9.17, 15) is 4.79 Å². The first-order valence-electron chi connectivity index (χ1n) is 7.87. The van der Waals surface area contributed by atoms with Gasteiger partial charge in [-0.1, -0.05) is 19.9 Å². The molecule has 5 heteroatoms. The second-order valence-electron chi connectivity index (χ2n) is 5.89. The van der Waals surface area contributed by atoms with E-state index in [4.69, 9.17) is 4.42 Å². The van der Waals surface area contributed by atoms with Crippen LogP contribution in [0.4, 0.5) is 5.69 Å². The Kier molecular flexibility index (Phi) is 4.70. The second kappa shape index (κ2) is 7.08. The minimum Gasteiger partial charge on any atom is -0.441 e. The molecule has 0 unspecified atom stereocenters. The number of hydrogen-bond acceptors (Lipinski definition) is 4. The van der Waals surface area contributed by atoms with E-state index in [1.165, 1.54) is 0 Å². The van der Waals surface area contributed by atoms with Crippen LogP contribution in [0.2, 0.25) is 0 Å². The van der Waals surface area contributed by atoms with E-state index in [-0.39, 0.29) is 5.91 Å². The van der Waals surface area contributed by atoms with Crippen LogP contribution < -0.4 is 5.32 Å². The predicted molar refractivity (Wildman–Crippen MR) is 92.6 cm³/mol. The van der Waals surface area contributed by atoms with E-state index in [1.807, 2.05) is 36.4 Å². The van der Waals surface area contributed by atoms with Crippen molar-refractivity contribution in [2.24, 2.45) is 0 Å². The van der Waals surface area contributed by atoms with Gasteiger partial charge in [0.25, 0.3) is 0 Å². The van der Waals surface area contributed by atoms with E-state index in [0.29, 0.717) is 18.2 Å². The zero-order chi connectivity index (χ0) is 16.9. The summed E-state index contributed by atoms with van der Waals surface area (Å²) in [5.74, 6) is 1.68. The standard InChI is InChI=1S/C19H19N3O2/c1-13(2)17-12-21-19(24-17)15-5-7-16(8-6-15)22-18(23)10-14-4-3-9-20-11-14/h3-9,11-13H,10H2,1-2H3,(H,22,23). The highest BCUT2D eigenvalue weighted by Crippen LogP contribution is 2.24. The fourth-order valence-corrected chi connectivity index (χ4v) is 2.28. The first kappa shape index (κ1) is 15.9. The van der Waals surface area contributed by atoms with E-state index >= 15 is 0 Å². The molecule has 1 aromatic carbocycles. The van der Waals surface area contributed by atoms with Crippen LogP contribution in [0, 0.1) is 0 Å². The summed E-state index contributed by atoms with van der Waals surface area (Å²) in [4.78, 5) is 20.3. The molecular formula is C19H19N3O2. The molecule has 3 aromatic rings. The third kappa shape index (κ3) is 3.87. The van der Waals surface area contributed by atoms with Crippen LogP contribution in [0.1, 0.15) is 31.1 Å². The monoisotopic (exact) mass is 321 g/mol.